The maximum atomic E-state index is 14.0. The van der Waals surface area contributed by atoms with Crippen molar-refractivity contribution in [1.29, 1.82) is 0 Å². The van der Waals surface area contributed by atoms with Crippen LogP contribution in [0.3, 0.4) is 0 Å². The molecule has 138 valence electrons. The van der Waals surface area contributed by atoms with E-state index in [1.807, 2.05) is 24.3 Å². The summed E-state index contributed by atoms with van der Waals surface area (Å²) in [7, 11) is 2.89. The minimum absolute atomic E-state index is 0.144. The third-order valence-electron chi connectivity index (χ3n) is 3.87. The lowest BCUT2D eigenvalue weighted by molar-refractivity contribution is 0.102. The van der Waals surface area contributed by atoms with Crippen LogP contribution in [0.1, 0.15) is 15.9 Å². The summed E-state index contributed by atoms with van der Waals surface area (Å²) in [6.07, 6.45) is 2.76. The van der Waals surface area contributed by atoms with Crippen LogP contribution in [0.5, 0.6) is 0 Å². The normalized spacial score (nSPS) is 11.0. The highest BCUT2D eigenvalue weighted by molar-refractivity contribution is 6.31. The van der Waals surface area contributed by atoms with Gasteiger partial charge in [-0.1, -0.05) is 47.1 Å². The summed E-state index contributed by atoms with van der Waals surface area (Å²) < 4.78 is 14.9. The number of aromatic nitrogens is 2. The molecular weight excluding hydrogens is 371 g/mol. The first kappa shape index (κ1) is 18.6. The van der Waals surface area contributed by atoms with Gasteiger partial charge in [0.05, 0.1) is 18.1 Å². The van der Waals surface area contributed by atoms with Gasteiger partial charge in [0.1, 0.15) is 12.7 Å². The molecule has 1 N–H and O–H groups in total. The van der Waals surface area contributed by atoms with Crippen LogP contribution < -0.4 is 5.32 Å². The lowest BCUT2D eigenvalue weighted by Gasteiger charge is -2.12. The zero-order valence-corrected chi connectivity index (χ0v) is 15.4. The molecule has 0 spiro atoms. The number of halogens is 2. The Labute approximate surface area is 160 Å². The molecule has 1 amide bonds. The Hall–Kier alpha value is -3.19. The summed E-state index contributed by atoms with van der Waals surface area (Å²) in [5.74, 6) is -1.31. The van der Waals surface area contributed by atoms with Crippen molar-refractivity contribution in [3.63, 3.8) is 0 Å². The Morgan fingerprint density at radius 2 is 2.04 bits per heavy atom. The fourth-order valence-corrected chi connectivity index (χ4v) is 2.67. The van der Waals surface area contributed by atoms with E-state index in [-0.39, 0.29) is 5.56 Å². The number of hydrogen-bond donors (Lipinski definition) is 1. The van der Waals surface area contributed by atoms with Crippen LogP contribution in [0.2, 0.25) is 5.02 Å². The van der Waals surface area contributed by atoms with E-state index < -0.39 is 11.9 Å². The number of anilines is 1. The van der Waals surface area contributed by atoms with Crippen LogP contribution in [-0.4, -0.2) is 29.0 Å². The number of carbonyl (C=O) groups is 1. The molecule has 0 atom stereocenters. The molecule has 0 aliphatic carbocycles. The fraction of sp³-hybridized carbons (Fsp3) is 0.105. The van der Waals surface area contributed by atoms with Crippen molar-refractivity contribution in [3.8, 4) is 11.1 Å². The number of nitrogens with one attached hydrogen (secondary N) is 1. The second-order valence-electron chi connectivity index (χ2n) is 5.66. The molecule has 1 heterocycles. The van der Waals surface area contributed by atoms with Gasteiger partial charge in [-0.15, -0.1) is 0 Å². The maximum Gasteiger partial charge on any atom is 0.261 e. The highest BCUT2D eigenvalue weighted by atomic mass is 35.5. The van der Waals surface area contributed by atoms with Gasteiger partial charge in [0.2, 0.25) is 5.95 Å². The van der Waals surface area contributed by atoms with Gasteiger partial charge in [0.25, 0.3) is 5.91 Å². The number of aryl methyl sites for hydroxylation is 1. The van der Waals surface area contributed by atoms with Gasteiger partial charge in [0, 0.05) is 17.6 Å². The Balaban J connectivity index is 1.92. The first-order valence-corrected chi connectivity index (χ1v) is 8.32. The summed E-state index contributed by atoms with van der Waals surface area (Å²) in [5.41, 5.74) is 2.77. The van der Waals surface area contributed by atoms with Crippen LogP contribution in [0, 0.1) is 5.95 Å². The van der Waals surface area contributed by atoms with Crippen molar-refractivity contribution in [2.75, 3.05) is 12.4 Å². The molecule has 0 aliphatic rings. The van der Waals surface area contributed by atoms with E-state index in [4.69, 9.17) is 11.6 Å². The van der Waals surface area contributed by atoms with Crippen LogP contribution in [0.4, 0.5) is 10.1 Å². The average molecular weight is 387 g/mol. The van der Waals surface area contributed by atoms with E-state index in [0.29, 0.717) is 10.7 Å². The van der Waals surface area contributed by atoms with Crippen molar-refractivity contribution in [3.05, 3.63) is 70.8 Å². The molecule has 3 aromatic rings. The lowest BCUT2D eigenvalue weighted by Crippen LogP contribution is -2.14. The number of rotatable bonds is 5. The molecule has 3 rings (SSSR count). The van der Waals surface area contributed by atoms with Crippen LogP contribution in [0.15, 0.2) is 53.8 Å². The number of benzene rings is 2. The Morgan fingerprint density at radius 1 is 1.30 bits per heavy atom. The van der Waals surface area contributed by atoms with Crippen molar-refractivity contribution >= 4 is 29.4 Å². The summed E-state index contributed by atoms with van der Waals surface area (Å²) in [5, 5.41) is 10.6. The second-order valence-corrected chi connectivity index (χ2v) is 6.09. The Bertz CT molecular complexity index is 999. The third-order valence-corrected chi connectivity index (χ3v) is 4.10. The number of carbonyl (C=O) groups excluding carboxylic acids is 1. The number of hydrogen-bond acceptors (Lipinski definition) is 4. The minimum Gasteiger partial charge on any atom is -0.399 e. The zero-order valence-electron chi connectivity index (χ0n) is 14.6. The van der Waals surface area contributed by atoms with Crippen molar-refractivity contribution in [2.45, 2.75) is 0 Å². The Kier molecular flexibility index (Phi) is 5.52. The third kappa shape index (κ3) is 4.15. The highest BCUT2D eigenvalue weighted by Gasteiger charge is 2.18. The van der Waals surface area contributed by atoms with Crippen molar-refractivity contribution in [2.24, 2.45) is 12.2 Å². The second kappa shape index (κ2) is 8.01. The molecular formula is C19H16ClFN4O2. The van der Waals surface area contributed by atoms with E-state index >= 15 is 0 Å². The van der Waals surface area contributed by atoms with E-state index in [1.165, 1.54) is 20.4 Å². The highest BCUT2D eigenvalue weighted by Crippen LogP contribution is 2.31. The topological polar surface area (TPSA) is 68.5 Å². The molecule has 0 unspecified atom stereocenters. The average Bonchev–Trinajstić information content (AvgIpc) is 3.00. The molecule has 1 aromatic heterocycles. The molecule has 0 aliphatic heterocycles. The molecule has 0 bridgehead atoms. The summed E-state index contributed by atoms with van der Waals surface area (Å²) in [6.45, 7) is 0. The number of nitrogens with zero attached hydrogens (tertiary/aromatic N) is 3. The fourth-order valence-electron chi connectivity index (χ4n) is 2.50. The molecule has 0 saturated carbocycles. The SMILES string of the molecule is CO/N=C/c1ccc(-c2ccc(Cl)cc2NC(=O)c2cnn(C)c2F)cc1. The lowest BCUT2D eigenvalue weighted by atomic mass is 10.0. The standard InChI is InChI=1S/C19H16ClFN4O2/c1-25-18(21)16(11-22-25)19(26)24-17-9-14(20)7-8-15(17)13-5-3-12(4-6-13)10-23-27-2/h3-11H,1-2H3,(H,24,26)/b23-10+. The van der Waals surface area contributed by atoms with Crippen LogP contribution in [0.25, 0.3) is 11.1 Å². The summed E-state index contributed by atoms with van der Waals surface area (Å²) in [6, 6.07) is 12.6. The predicted octanol–water partition coefficient (Wildman–Crippen LogP) is 4.11. The molecule has 2 aromatic carbocycles. The first-order chi connectivity index (χ1) is 13.0. The van der Waals surface area contributed by atoms with E-state index in [9.17, 15) is 9.18 Å². The van der Waals surface area contributed by atoms with Crippen molar-refractivity contribution in [1.82, 2.24) is 9.78 Å². The smallest absolute Gasteiger partial charge is 0.261 e. The molecule has 0 radical (unpaired) electrons. The largest absolute Gasteiger partial charge is 0.399 e. The van der Waals surface area contributed by atoms with E-state index in [2.05, 4.69) is 20.4 Å². The Morgan fingerprint density at radius 3 is 2.67 bits per heavy atom. The maximum absolute atomic E-state index is 14.0. The molecule has 0 fully saturated rings. The first-order valence-electron chi connectivity index (χ1n) is 7.95. The number of amides is 1. The van der Waals surface area contributed by atoms with Gasteiger partial charge >= 0.3 is 0 Å². The van der Waals surface area contributed by atoms with Gasteiger partial charge < -0.3 is 10.2 Å². The van der Waals surface area contributed by atoms with Gasteiger partial charge in [-0.25, -0.2) is 4.68 Å². The van der Waals surface area contributed by atoms with Crippen LogP contribution >= 0.6 is 11.6 Å². The molecule has 6 nitrogen and oxygen atoms in total. The number of oxime groups is 1. The van der Waals surface area contributed by atoms with Gasteiger partial charge in [-0.05, 0) is 23.3 Å². The van der Waals surface area contributed by atoms with E-state index in [1.54, 1.807) is 24.4 Å². The molecule has 0 saturated heterocycles. The quantitative estimate of drug-likeness (QED) is 0.530. The van der Waals surface area contributed by atoms with Crippen molar-refractivity contribution < 1.29 is 14.0 Å². The van der Waals surface area contributed by atoms with Gasteiger partial charge in [-0.3, -0.25) is 4.79 Å². The summed E-state index contributed by atoms with van der Waals surface area (Å²) >= 11 is 6.08. The molecule has 27 heavy (non-hydrogen) atoms. The van der Waals surface area contributed by atoms with Gasteiger partial charge in [0.15, 0.2) is 0 Å². The predicted molar refractivity (Wildman–Crippen MR) is 103 cm³/mol. The van der Waals surface area contributed by atoms with E-state index in [0.717, 1.165) is 21.4 Å². The van der Waals surface area contributed by atoms with Crippen LogP contribution in [-0.2, 0) is 11.9 Å². The minimum atomic E-state index is -0.710. The zero-order chi connectivity index (χ0) is 19.4. The summed E-state index contributed by atoms with van der Waals surface area (Å²) in [4.78, 5) is 17.1. The molecule has 8 heteroatoms. The monoisotopic (exact) mass is 386 g/mol. The van der Waals surface area contributed by atoms with Gasteiger partial charge in [-0.2, -0.15) is 9.49 Å².